The number of esters is 2. The Morgan fingerprint density at radius 2 is 0.579 bits per heavy atom. The summed E-state index contributed by atoms with van der Waals surface area (Å²) in [4.78, 5) is 123. The number of fused-ring (bicyclic) bond motifs is 4. The molecule has 0 saturated heterocycles. The maximum atomic E-state index is 12.5. The van der Waals surface area contributed by atoms with Crippen molar-refractivity contribution in [1.82, 2.24) is 45.9 Å². The molecule has 140 heavy (non-hydrogen) atoms. The number of hydrogen-bond acceptors (Lipinski definition) is 22. The van der Waals surface area contributed by atoms with Crippen molar-refractivity contribution in [1.29, 1.82) is 0 Å². The van der Waals surface area contributed by atoms with Crippen molar-refractivity contribution < 1.29 is 89.3 Å². The molecule has 0 radical (unpaired) electrons. The SMILES string of the molecule is CC.CC.CC.CC.CC.CC.CC.CC.CC.CC.CC.CC.CNC(=O)c1cccc2c1CN(c1ccc(Br)c(C(=O)OC(C)(C)C)n1)CC2.CNC(=O)c1cccc2c1CN(c1ccc(C)c(C(=O)NS(C)(=O)=O)n1)CC2.CNC(=O)c1cccc2c1CN(c1ccc(C)c(C(=O)O)n1)CC2.CNC(=O)c1cccc2c1CN(c1ccc(C)c(C(=O)OC(C)(C)C)n1)CC2.CS(N)(=O)=O.[CH2-]C.[Zn]. The topological polar surface area (TPSA) is 394 Å². The number of carbonyl (C=O) groups excluding carboxylic acids is 7. The fourth-order valence-electron chi connectivity index (χ4n) is 12.9. The van der Waals surface area contributed by atoms with E-state index < -0.39 is 55.1 Å². The van der Waals surface area contributed by atoms with Gasteiger partial charge in [0.2, 0.25) is 20.0 Å². The number of ether oxygens (including phenoxy) is 2. The van der Waals surface area contributed by atoms with Gasteiger partial charge in [-0.2, -0.15) is 6.92 Å². The number of aromatic nitrogens is 4. The zero-order valence-electron chi connectivity index (χ0n) is 92.5. The normalized spacial score (nSPS) is 11.4. The molecule has 4 aromatic carbocycles. The van der Waals surface area contributed by atoms with Crippen molar-refractivity contribution in [2.45, 2.75) is 298 Å². The number of sulfonamides is 2. The summed E-state index contributed by atoms with van der Waals surface area (Å²) in [5.74, 6) is -0.562. The molecule has 784 valence electrons. The minimum Gasteiger partial charge on any atom is -0.477 e. The maximum absolute atomic E-state index is 12.5. The van der Waals surface area contributed by atoms with Crippen molar-refractivity contribution in [2.75, 3.05) is 86.5 Å². The van der Waals surface area contributed by atoms with E-state index in [0.29, 0.717) is 99.5 Å². The van der Waals surface area contributed by atoms with Gasteiger partial charge in [-0.05, 0) is 220 Å². The minimum absolute atomic E-state index is 0. The number of anilines is 4. The number of carboxylic acid groups (broad SMARTS) is 1. The monoisotopic (exact) mass is 2100 g/mol. The van der Waals surface area contributed by atoms with Crippen LogP contribution >= 0.6 is 15.9 Å². The third kappa shape index (κ3) is 48.7. The summed E-state index contributed by atoms with van der Waals surface area (Å²) < 4.78 is 55.1. The van der Waals surface area contributed by atoms with Crippen molar-refractivity contribution >= 4 is 107 Å². The van der Waals surface area contributed by atoms with Gasteiger partial charge >= 0.3 is 17.9 Å². The summed E-state index contributed by atoms with van der Waals surface area (Å²) in [6.07, 6.45) is 5.01. The molecule has 8 heterocycles. The maximum Gasteiger partial charge on any atom is 0.358 e. The van der Waals surface area contributed by atoms with Crippen LogP contribution in [0.2, 0.25) is 0 Å². The number of primary sulfonamides is 1. The molecular formula is C107H174BrN14O15S2Zn-. The van der Waals surface area contributed by atoms with Gasteiger partial charge in [0, 0.05) is 122 Å². The van der Waals surface area contributed by atoms with E-state index in [9.17, 15) is 60.3 Å². The molecular weight excluding hydrogens is 1930 g/mol. The van der Waals surface area contributed by atoms with E-state index in [4.69, 9.17) is 9.47 Å². The van der Waals surface area contributed by atoms with Crippen molar-refractivity contribution in [3.63, 3.8) is 0 Å². The molecule has 0 bridgehead atoms. The Balaban J connectivity index is -0.000000306. The number of amides is 5. The van der Waals surface area contributed by atoms with Crippen LogP contribution in [0.3, 0.4) is 0 Å². The van der Waals surface area contributed by atoms with Crippen LogP contribution in [-0.2, 0) is 101 Å². The fraction of sp³-hybridized carbons (Fsp3) is 0.505. The summed E-state index contributed by atoms with van der Waals surface area (Å²) in [6, 6.07) is 37.6. The van der Waals surface area contributed by atoms with E-state index in [0.717, 1.165) is 96.8 Å². The fourth-order valence-corrected chi connectivity index (χ4v) is 13.7. The summed E-state index contributed by atoms with van der Waals surface area (Å²) in [5.41, 5.74) is 12.7. The van der Waals surface area contributed by atoms with Gasteiger partial charge in [-0.3, -0.25) is 24.0 Å². The van der Waals surface area contributed by atoms with Gasteiger partial charge in [0.1, 0.15) is 40.2 Å². The van der Waals surface area contributed by atoms with Gasteiger partial charge in [0.25, 0.3) is 29.5 Å². The first-order valence-corrected chi connectivity index (χ1v) is 53.5. The van der Waals surface area contributed by atoms with Crippen LogP contribution in [-0.4, -0.2) is 167 Å². The zero-order chi connectivity index (χ0) is 109. The second-order valence-electron chi connectivity index (χ2n) is 29.1. The van der Waals surface area contributed by atoms with Crippen LogP contribution in [0.5, 0.6) is 0 Å². The summed E-state index contributed by atoms with van der Waals surface area (Å²) in [6.45, 7) is 74.3. The van der Waals surface area contributed by atoms with Crippen LogP contribution in [0.1, 0.15) is 359 Å². The first kappa shape index (κ1) is 142. The molecule has 8 aromatic rings. The Bertz CT molecular complexity index is 5060. The summed E-state index contributed by atoms with van der Waals surface area (Å²) >= 11 is 3.39. The zero-order valence-corrected chi connectivity index (χ0v) is 98.6. The number of pyridine rings is 4. The molecule has 0 atom stereocenters. The number of nitrogens with two attached hydrogens (primary N) is 1. The molecule has 8 N–H and O–H groups in total. The number of carbonyl (C=O) groups is 8. The Morgan fingerprint density at radius 3 is 0.814 bits per heavy atom. The van der Waals surface area contributed by atoms with E-state index in [1.54, 1.807) is 73.2 Å². The first-order valence-electron chi connectivity index (χ1n) is 48.9. The largest absolute Gasteiger partial charge is 0.477 e. The van der Waals surface area contributed by atoms with E-state index in [2.05, 4.69) is 91.1 Å². The predicted molar refractivity (Wildman–Crippen MR) is 583 cm³/mol. The van der Waals surface area contributed by atoms with E-state index in [1.807, 2.05) is 314 Å². The molecule has 0 unspecified atom stereocenters. The molecule has 12 rings (SSSR count). The number of carboxylic acids is 1. The Labute approximate surface area is 864 Å². The third-order valence-corrected chi connectivity index (χ3v) is 19.4. The first-order chi connectivity index (χ1) is 66.1. The van der Waals surface area contributed by atoms with Crippen LogP contribution < -0.4 is 50.7 Å². The number of benzene rings is 4. The molecule has 5 amide bonds. The standard InChI is InChI=1S/C22H27N3O3.C21H24BrN3O3.C19H22N4O4S.C18H19N3O3.12C2H6.C2H5.CH5NO2S.Zn/c1-14-9-10-18(24-19(14)21(27)28-22(2,3)4)25-12-11-15-7-6-8-16(17(15)13-25)20(26)23-5;1-21(2,3)28-20(27)18-16(22)8-9-17(24-18)25-11-10-13-6-5-7-14(15(13)12-25)19(26)23-4;1-12-7-8-16(21-17(12)19(25)22-28(3,26)27)23-10-9-13-5-4-6-14(15(13)11-23)18(24)20-2;1-11-6-7-15(20-16(11)18(23)24)21-9-8-12-4-3-5-13(14(12)10-21)17(22)19-2;13*1-2;1-5(2,3)4;/h6-10H,11-13H2,1-5H3,(H,23,26);5-9H,10-12H2,1-4H3,(H,23,26);4-8H,9-11H2,1-3H3,(H,20,24)(H,22,25);3-7H,8-10H2,1-2H3,(H,19,22)(H,23,24);12*1-2H3;1H2,2H3;1H3,(H2,2,3,4);/q;;;;;;;;;;;;;;;;-1;;. The van der Waals surface area contributed by atoms with E-state index in [-0.39, 0.29) is 60.2 Å². The van der Waals surface area contributed by atoms with Crippen molar-refractivity contribution in [3.05, 3.63) is 239 Å². The number of nitrogens with zero attached hydrogens (tertiary/aromatic N) is 8. The van der Waals surface area contributed by atoms with Gasteiger partial charge in [-0.1, -0.05) is 233 Å². The van der Waals surface area contributed by atoms with Crippen LogP contribution in [0, 0.1) is 27.7 Å². The summed E-state index contributed by atoms with van der Waals surface area (Å²) in [7, 11) is -0.374. The number of rotatable bonds is 13. The van der Waals surface area contributed by atoms with Crippen molar-refractivity contribution in [2.24, 2.45) is 5.14 Å². The average Bonchev–Trinajstić information content (AvgIpc) is 0.799. The molecule has 4 aliphatic rings. The van der Waals surface area contributed by atoms with Crippen LogP contribution in [0.4, 0.5) is 23.3 Å². The predicted octanol–water partition coefficient (Wildman–Crippen LogP) is 22.1. The van der Waals surface area contributed by atoms with Gasteiger partial charge in [0.05, 0.1) is 17.0 Å². The van der Waals surface area contributed by atoms with Gasteiger partial charge < -0.3 is 62.4 Å². The Kier molecular flexibility index (Phi) is 78.4. The van der Waals surface area contributed by atoms with Crippen LogP contribution in [0.15, 0.2) is 126 Å². The quantitative estimate of drug-likeness (QED) is 0.0320. The molecule has 0 spiro atoms. The minimum atomic E-state index is -3.68. The van der Waals surface area contributed by atoms with E-state index >= 15 is 0 Å². The molecule has 0 fully saturated rings. The van der Waals surface area contributed by atoms with Crippen molar-refractivity contribution in [3.8, 4) is 0 Å². The van der Waals surface area contributed by atoms with E-state index in [1.165, 1.54) is 11.1 Å². The number of aryl methyl sites for hydroxylation is 3. The average molecular weight is 2110 g/mol. The molecule has 29 nitrogen and oxygen atoms in total. The number of aromatic carboxylic acids is 1. The smallest absolute Gasteiger partial charge is 0.358 e. The van der Waals surface area contributed by atoms with Gasteiger partial charge in [-0.25, -0.2) is 61.0 Å². The molecule has 0 aliphatic carbocycles. The Hall–Kier alpha value is -10.6. The summed E-state index contributed by atoms with van der Waals surface area (Å²) in [5, 5.41) is 24.3. The number of hydrogen-bond donors (Lipinski definition) is 7. The third-order valence-electron chi connectivity index (χ3n) is 18.2. The second kappa shape index (κ2) is 77.1. The van der Waals surface area contributed by atoms with Crippen LogP contribution in [0.25, 0.3) is 0 Å². The van der Waals surface area contributed by atoms with Gasteiger partial charge in [-0.15, -0.1) is 0 Å². The molecule has 4 aliphatic heterocycles. The molecule has 0 saturated carbocycles. The van der Waals surface area contributed by atoms with Gasteiger partial charge in [0.15, 0.2) is 17.1 Å². The number of halogens is 1. The second-order valence-corrected chi connectivity index (χ2v) is 33.4. The number of nitrogens with one attached hydrogen (secondary N) is 5. The molecule has 33 heteroatoms. The molecule has 4 aromatic heterocycles. The Morgan fingerprint density at radius 1 is 0.364 bits per heavy atom.